The molecule has 1 fully saturated rings. The van der Waals surface area contributed by atoms with E-state index in [0.717, 1.165) is 18.4 Å². The minimum atomic E-state index is -2.83. The van der Waals surface area contributed by atoms with Crippen molar-refractivity contribution in [2.24, 2.45) is 5.92 Å². The van der Waals surface area contributed by atoms with E-state index in [9.17, 15) is 12.8 Å². The van der Waals surface area contributed by atoms with Crippen LogP contribution in [-0.4, -0.2) is 24.8 Å². The largest absolute Gasteiger partial charge is 0.229 e. The van der Waals surface area contributed by atoms with Crippen LogP contribution in [0, 0.1) is 11.7 Å². The minimum Gasteiger partial charge on any atom is -0.229 e. The van der Waals surface area contributed by atoms with Crippen molar-refractivity contribution in [1.82, 2.24) is 0 Å². The normalized spacial score (nSPS) is 24.7. The van der Waals surface area contributed by atoms with Crippen LogP contribution >= 0.6 is 15.9 Å². The van der Waals surface area contributed by atoms with E-state index < -0.39 is 9.84 Å². The summed E-state index contributed by atoms with van der Waals surface area (Å²) < 4.78 is 35.5. The molecular formula is C12H14BrFO2S. The number of hydrogen-bond donors (Lipinski definition) is 0. The van der Waals surface area contributed by atoms with Gasteiger partial charge in [-0.25, -0.2) is 12.8 Å². The average molecular weight is 321 g/mol. The third-order valence-corrected chi connectivity index (χ3v) is 5.99. The Hall–Kier alpha value is -0.420. The summed E-state index contributed by atoms with van der Waals surface area (Å²) in [6.45, 7) is 0. The lowest BCUT2D eigenvalue weighted by Gasteiger charge is -2.15. The average Bonchev–Trinajstić information content (AvgIpc) is 2.62. The van der Waals surface area contributed by atoms with Crippen molar-refractivity contribution in [1.29, 1.82) is 0 Å². The molecule has 2 unspecified atom stereocenters. The van der Waals surface area contributed by atoms with Gasteiger partial charge in [0.25, 0.3) is 0 Å². The highest BCUT2D eigenvalue weighted by Gasteiger charge is 2.32. The highest BCUT2D eigenvalue weighted by Crippen LogP contribution is 2.28. The van der Waals surface area contributed by atoms with Gasteiger partial charge in [-0.2, -0.15) is 0 Å². The second kappa shape index (κ2) is 5.06. The monoisotopic (exact) mass is 320 g/mol. The number of sulfone groups is 1. The van der Waals surface area contributed by atoms with E-state index in [4.69, 9.17) is 0 Å². The Morgan fingerprint density at radius 3 is 2.53 bits per heavy atom. The first-order valence-electron chi connectivity index (χ1n) is 5.55. The topological polar surface area (TPSA) is 34.1 Å². The highest BCUT2D eigenvalue weighted by atomic mass is 79.9. The number of alkyl halides is 1. The van der Waals surface area contributed by atoms with Crippen LogP contribution in [0.4, 0.5) is 4.39 Å². The molecule has 94 valence electrons. The van der Waals surface area contributed by atoms with E-state index in [1.807, 2.05) is 0 Å². The summed E-state index contributed by atoms with van der Waals surface area (Å²) in [5.41, 5.74) is 1.03. The Morgan fingerprint density at radius 1 is 1.35 bits per heavy atom. The minimum absolute atomic E-state index is 0.144. The zero-order valence-corrected chi connectivity index (χ0v) is 11.7. The molecule has 0 saturated carbocycles. The fraction of sp³-hybridized carbons (Fsp3) is 0.500. The zero-order chi connectivity index (χ0) is 12.5. The molecule has 0 spiro atoms. The third-order valence-electron chi connectivity index (χ3n) is 3.12. The molecule has 2 nitrogen and oxygen atoms in total. The maximum absolute atomic E-state index is 12.7. The molecule has 1 aromatic rings. The van der Waals surface area contributed by atoms with Gasteiger partial charge < -0.3 is 0 Å². The molecule has 0 radical (unpaired) electrons. The van der Waals surface area contributed by atoms with Gasteiger partial charge in [-0.1, -0.05) is 28.1 Å². The molecule has 0 aliphatic carbocycles. The summed E-state index contributed by atoms with van der Waals surface area (Å²) in [7, 11) is -2.83. The molecule has 0 bridgehead atoms. The van der Waals surface area contributed by atoms with Crippen LogP contribution in [0.25, 0.3) is 0 Å². The van der Waals surface area contributed by atoms with Crippen molar-refractivity contribution in [3.8, 4) is 0 Å². The van der Waals surface area contributed by atoms with E-state index in [-0.39, 0.29) is 22.3 Å². The van der Waals surface area contributed by atoms with Gasteiger partial charge >= 0.3 is 0 Å². The maximum atomic E-state index is 12.7. The number of rotatable bonds is 3. The molecule has 1 aliphatic rings. The molecule has 1 aliphatic heterocycles. The summed E-state index contributed by atoms with van der Waals surface area (Å²) in [5.74, 6) is 0.487. The molecule has 1 heterocycles. The fourth-order valence-electron chi connectivity index (χ4n) is 2.12. The van der Waals surface area contributed by atoms with Gasteiger partial charge in [0.2, 0.25) is 0 Å². The summed E-state index contributed by atoms with van der Waals surface area (Å²) >= 11 is 3.55. The number of benzene rings is 1. The highest BCUT2D eigenvalue weighted by molar-refractivity contribution is 9.09. The first kappa shape index (κ1) is 13.0. The van der Waals surface area contributed by atoms with E-state index in [2.05, 4.69) is 15.9 Å². The Labute approximate surface area is 109 Å². The summed E-state index contributed by atoms with van der Waals surface area (Å²) in [5, 5.41) is 0. The van der Waals surface area contributed by atoms with Crippen LogP contribution < -0.4 is 0 Å². The van der Waals surface area contributed by atoms with Crippen LogP contribution in [0.5, 0.6) is 0 Å². The quantitative estimate of drug-likeness (QED) is 0.802. The molecule has 2 rings (SSSR count). The maximum Gasteiger partial charge on any atom is 0.150 e. The predicted octanol–water partition coefficient (Wildman–Crippen LogP) is 2.57. The standard InChI is InChI=1S/C12H14BrFO2S/c13-12(10-5-6-17(15,16)8-10)7-9-1-3-11(14)4-2-9/h1-4,10,12H,5-8H2. The van der Waals surface area contributed by atoms with Gasteiger partial charge in [0, 0.05) is 4.83 Å². The van der Waals surface area contributed by atoms with E-state index in [1.165, 1.54) is 12.1 Å². The van der Waals surface area contributed by atoms with E-state index >= 15 is 0 Å². The first-order chi connectivity index (χ1) is 7.96. The van der Waals surface area contributed by atoms with Crippen LogP contribution in [0.2, 0.25) is 0 Å². The Kier molecular flexibility index (Phi) is 3.88. The van der Waals surface area contributed by atoms with Crippen LogP contribution in [0.15, 0.2) is 24.3 Å². The van der Waals surface area contributed by atoms with Crippen molar-refractivity contribution in [2.75, 3.05) is 11.5 Å². The van der Waals surface area contributed by atoms with Gasteiger partial charge in [0.05, 0.1) is 11.5 Å². The molecule has 1 saturated heterocycles. The number of hydrogen-bond acceptors (Lipinski definition) is 2. The SMILES string of the molecule is O=S1(=O)CCC(C(Br)Cc2ccc(F)cc2)C1. The lowest BCUT2D eigenvalue weighted by Crippen LogP contribution is -2.18. The molecule has 0 amide bonds. The molecule has 17 heavy (non-hydrogen) atoms. The lowest BCUT2D eigenvalue weighted by molar-refractivity contribution is 0.563. The van der Waals surface area contributed by atoms with E-state index in [1.54, 1.807) is 12.1 Å². The Morgan fingerprint density at radius 2 is 2.00 bits per heavy atom. The van der Waals surface area contributed by atoms with E-state index in [0.29, 0.717) is 5.75 Å². The fourth-order valence-corrected chi connectivity index (χ4v) is 5.07. The van der Waals surface area contributed by atoms with Gasteiger partial charge in [-0.05, 0) is 36.5 Å². The van der Waals surface area contributed by atoms with Crippen molar-refractivity contribution >= 4 is 25.8 Å². The van der Waals surface area contributed by atoms with Crippen molar-refractivity contribution < 1.29 is 12.8 Å². The Bertz CT molecular complexity index is 484. The first-order valence-corrected chi connectivity index (χ1v) is 8.29. The van der Waals surface area contributed by atoms with Crippen LogP contribution in [-0.2, 0) is 16.3 Å². The lowest BCUT2D eigenvalue weighted by atomic mass is 9.99. The number of halogens is 2. The van der Waals surface area contributed by atoms with Gasteiger partial charge in [0.1, 0.15) is 5.82 Å². The third kappa shape index (κ3) is 3.52. The summed E-state index contributed by atoms with van der Waals surface area (Å²) in [4.78, 5) is 0.144. The smallest absolute Gasteiger partial charge is 0.150 e. The summed E-state index contributed by atoms with van der Waals surface area (Å²) in [6.07, 6.45) is 1.46. The molecule has 0 N–H and O–H groups in total. The summed E-state index contributed by atoms with van der Waals surface area (Å²) in [6, 6.07) is 6.35. The van der Waals surface area contributed by atoms with Gasteiger partial charge in [0.15, 0.2) is 9.84 Å². The Balaban J connectivity index is 1.98. The molecule has 1 aromatic carbocycles. The molecule has 0 aromatic heterocycles. The van der Waals surface area contributed by atoms with Crippen molar-refractivity contribution in [3.63, 3.8) is 0 Å². The van der Waals surface area contributed by atoms with Gasteiger partial charge in [-0.3, -0.25) is 0 Å². The van der Waals surface area contributed by atoms with Crippen molar-refractivity contribution in [2.45, 2.75) is 17.7 Å². The predicted molar refractivity (Wildman–Crippen MR) is 69.6 cm³/mol. The molecule has 5 heteroatoms. The van der Waals surface area contributed by atoms with Crippen LogP contribution in [0.1, 0.15) is 12.0 Å². The zero-order valence-electron chi connectivity index (χ0n) is 9.27. The second-order valence-electron chi connectivity index (χ2n) is 4.51. The van der Waals surface area contributed by atoms with Crippen LogP contribution in [0.3, 0.4) is 0 Å². The van der Waals surface area contributed by atoms with Crippen molar-refractivity contribution in [3.05, 3.63) is 35.6 Å². The second-order valence-corrected chi connectivity index (χ2v) is 7.91. The molecule has 2 atom stereocenters. The molecular weight excluding hydrogens is 307 g/mol. The van der Waals surface area contributed by atoms with Gasteiger partial charge in [-0.15, -0.1) is 0 Å².